The van der Waals surface area contributed by atoms with Crippen molar-refractivity contribution in [2.24, 2.45) is 34.5 Å². The second kappa shape index (κ2) is 3.37. The van der Waals surface area contributed by atoms with Gasteiger partial charge in [-0.3, -0.25) is 0 Å². The van der Waals surface area contributed by atoms with Gasteiger partial charge in [0.05, 0.1) is 0 Å². The molecule has 0 aromatic heterocycles. The Morgan fingerprint density at radius 3 is 2.12 bits per heavy atom. The smallest absolute Gasteiger partial charge is 0.00476 e. The minimum Gasteiger partial charge on any atom is -0.0788 e. The molecule has 2 aliphatic carbocycles. The van der Waals surface area contributed by atoms with Gasteiger partial charge in [0.1, 0.15) is 0 Å². The third-order valence-electron chi connectivity index (χ3n) is 6.38. The van der Waals surface area contributed by atoms with Crippen molar-refractivity contribution in [2.75, 3.05) is 0 Å². The Morgan fingerprint density at radius 1 is 1.19 bits per heavy atom. The van der Waals surface area contributed by atoms with Crippen molar-refractivity contribution in [1.82, 2.24) is 0 Å². The van der Waals surface area contributed by atoms with Gasteiger partial charge in [-0.25, -0.2) is 0 Å². The van der Waals surface area contributed by atoms with E-state index in [-0.39, 0.29) is 0 Å². The van der Waals surface area contributed by atoms with Gasteiger partial charge in [-0.1, -0.05) is 53.2 Å². The lowest BCUT2D eigenvalue weighted by Gasteiger charge is -2.33. The van der Waals surface area contributed by atoms with Gasteiger partial charge in [0.25, 0.3) is 0 Å². The predicted octanol–water partition coefficient (Wildman–Crippen LogP) is 4.91. The lowest BCUT2D eigenvalue weighted by Crippen LogP contribution is -2.26. The molecule has 1 saturated carbocycles. The largest absolute Gasteiger partial charge is 0.0788 e. The van der Waals surface area contributed by atoms with Crippen molar-refractivity contribution < 1.29 is 0 Å². The van der Waals surface area contributed by atoms with Crippen LogP contribution < -0.4 is 0 Å². The van der Waals surface area contributed by atoms with E-state index in [4.69, 9.17) is 0 Å². The number of fused-ring (bicyclic) bond motifs is 1. The van der Waals surface area contributed by atoms with E-state index in [1.807, 2.05) is 0 Å². The molecule has 0 N–H and O–H groups in total. The maximum absolute atomic E-state index is 2.57. The summed E-state index contributed by atoms with van der Waals surface area (Å²) in [5.74, 6) is 3.41. The van der Waals surface area contributed by atoms with E-state index >= 15 is 0 Å². The average molecular weight is 220 g/mol. The first-order valence-corrected chi connectivity index (χ1v) is 6.93. The fraction of sp³-hybridized carbons (Fsp3) is 0.875. The molecule has 5 atom stereocenters. The van der Waals surface area contributed by atoms with Crippen LogP contribution >= 0.6 is 0 Å². The first kappa shape index (κ1) is 12.2. The van der Waals surface area contributed by atoms with E-state index < -0.39 is 0 Å². The Bertz CT molecular complexity index is 325. The number of rotatable bonds is 3. The zero-order valence-electron chi connectivity index (χ0n) is 12.1. The second-order valence-corrected chi connectivity index (χ2v) is 7.20. The molecule has 0 amide bonds. The summed E-state index contributed by atoms with van der Waals surface area (Å²) in [6.07, 6.45) is 3.92. The highest BCUT2D eigenvalue weighted by molar-refractivity contribution is 5.36. The summed E-state index contributed by atoms with van der Waals surface area (Å²) in [7, 11) is 0. The molecular formula is C16H28. The highest BCUT2D eigenvalue weighted by Gasteiger charge is 2.73. The molecule has 5 unspecified atom stereocenters. The molecule has 0 bridgehead atoms. The first-order chi connectivity index (χ1) is 7.25. The van der Waals surface area contributed by atoms with Crippen LogP contribution in [0.5, 0.6) is 0 Å². The van der Waals surface area contributed by atoms with Gasteiger partial charge < -0.3 is 0 Å². The Morgan fingerprint density at radius 2 is 1.75 bits per heavy atom. The van der Waals surface area contributed by atoms with E-state index in [1.54, 1.807) is 5.57 Å². The Hall–Kier alpha value is -0.260. The van der Waals surface area contributed by atoms with Crippen LogP contribution in [0.15, 0.2) is 11.6 Å². The summed E-state index contributed by atoms with van der Waals surface area (Å²) in [4.78, 5) is 0. The Balaban J connectivity index is 2.19. The zero-order valence-corrected chi connectivity index (χ0v) is 12.1. The minimum absolute atomic E-state index is 0.514. The quantitative estimate of drug-likeness (QED) is 0.593. The maximum atomic E-state index is 2.57. The molecule has 0 radical (unpaired) electrons. The van der Waals surface area contributed by atoms with Gasteiger partial charge in [-0.2, -0.15) is 0 Å². The van der Waals surface area contributed by atoms with Gasteiger partial charge in [0, 0.05) is 0 Å². The summed E-state index contributed by atoms with van der Waals surface area (Å²) >= 11 is 0. The molecule has 0 heterocycles. The summed E-state index contributed by atoms with van der Waals surface area (Å²) in [5, 5.41) is 0. The van der Waals surface area contributed by atoms with Gasteiger partial charge >= 0.3 is 0 Å². The summed E-state index contributed by atoms with van der Waals surface area (Å²) in [5.41, 5.74) is 2.70. The Labute approximate surface area is 102 Å². The Kier molecular flexibility index (Phi) is 2.57. The van der Waals surface area contributed by atoms with Gasteiger partial charge in [-0.05, 0) is 47.8 Å². The van der Waals surface area contributed by atoms with E-state index in [9.17, 15) is 0 Å². The van der Waals surface area contributed by atoms with Crippen LogP contribution in [0.4, 0.5) is 0 Å². The highest BCUT2D eigenvalue weighted by atomic mass is 14.8. The molecule has 0 aromatic rings. The lowest BCUT2D eigenvalue weighted by atomic mass is 9.72. The predicted molar refractivity (Wildman–Crippen MR) is 71.2 cm³/mol. The fourth-order valence-corrected chi connectivity index (χ4v) is 4.47. The van der Waals surface area contributed by atoms with Crippen molar-refractivity contribution in [3.05, 3.63) is 11.6 Å². The molecule has 0 nitrogen and oxygen atoms in total. The third-order valence-corrected chi connectivity index (χ3v) is 6.38. The third kappa shape index (κ3) is 1.28. The SMILES string of the molecule is CC1=CC2(C)C(C1)C2(C)C(C)C(C)C(C)C. The van der Waals surface area contributed by atoms with Gasteiger partial charge in [0.2, 0.25) is 0 Å². The van der Waals surface area contributed by atoms with E-state index in [1.165, 1.54) is 6.42 Å². The second-order valence-electron chi connectivity index (χ2n) is 7.20. The van der Waals surface area contributed by atoms with Crippen molar-refractivity contribution >= 4 is 0 Å². The first-order valence-electron chi connectivity index (χ1n) is 6.93. The average Bonchev–Trinajstić information content (AvgIpc) is 2.53. The summed E-state index contributed by atoms with van der Waals surface area (Å²) < 4.78 is 0. The van der Waals surface area contributed by atoms with Crippen LogP contribution in [-0.2, 0) is 0 Å². The standard InChI is InChI=1S/C16H28/c1-10(2)12(4)13(5)16(7)14-8-11(3)9-15(14,16)6/h9-10,12-14H,8H2,1-7H3. The van der Waals surface area contributed by atoms with Crippen LogP contribution in [0.3, 0.4) is 0 Å². The molecule has 0 spiro atoms. The van der Waals surface area contributed by atoms with Crippen molar-refractivity contribution in [3.8, 4) is 0 Å². The van der Waals surface area contributed by atoms with Crippen LogP contribution in [-0.4, -0.2) is 0 Å². The van der Waals surface area contributed by atoms with E-state index in [0.717, 1.165) is 23.7 Å². The van der Waals surface area contributed by atoms with Crippen molar-refractivity contribution in [2.45, 2.75) is 54.9 Å². The molecule has 1 fully saturated rings. The molecule has 2 rings (SSSR count). The monoisotopic (exact) mass is 220 g/mol. The highest BCUT2D eigenvalue weighted by Crippen LogP contribution is 2.78. The molecule has 2 aliphatic rings. The number of hydrogen-bond donors (Lipinski definition) is 0. The van der Waals surface area contributed by atoms with E-state index in [0.29, 0.717) is 10.8 Å². The zero-order chi connectivity index (χ0) is 12.3. The topological polar surface area (TPSA) is 0 Å². The van der Waals surface area contributed by atoms with Crippen LogP contribution in [0, 0.1) is 34.5 Å². The van der Waals surface area contributed by atoms with Crippen LogP contribution in [0.1, 0.15) is 54.9 Å². The van der Waals surface area contributed by atoms with Crippen LogP contribution in [0.25, 0.3) is 0 Å². The molecule has 0 aliphatic heterocycles. The molecular weight excluding hydrogens is 192 g/mol. The van der Waals surface area contributed by atoms with Crippen LogP contribution in [0.2, 0.25) is 0 Å². The minimum atomic E-state index is 0.514. The summed E-state index contributed by atoms with van der Waals surface area (Å²) in [6, 6.07) is 0. The normalized spacial score (nSPS) is 45.2. The molecule has 92 valence electrons. The molecule has 0 heteroatoms. The molecule has 0 saturated heterocycles. The maximum Gasteiger partial charge on any atom is -0.00476 e. The van der Waals surface area contributed by atoms with Gasteiger partial charge in [-0.15, -0.1) is 0 Å². The summed E-state index contributed by atoms with van der Waals surface area (Å²) in [6.45, 7) is 17.0. The molecule has 16 heavy (non-hydrogen) atoms. The van der Waals surface area contributed by atoms with E-state index in [2.05, 4.69) is 54.5 Å². The van der Waals surface area contributed by atoms with Gasteiger partial charge in [0.15, 0.2) is 0 Å². The number of allylic oxidation sites excluding steroid dienone is 2. The molecule has 0 aromatic carbocycles. The van der Waals surface area contributed by atoms with Crippen molar-refractivity contribution in [3.63, 3.8) is 0 Å². The fourth-order valence-electron chi connectivity index (χ4n) is 4.47. The lowest BCUT2D eigenvalue weighted by molar-refractivity contribution is 0.171. The number of hydrogen-bond acceptors (Lipinski definition) is 0. The van der Waals surface area contributed by atoms with Crippen molar-refractivity contribution in [1.29, 1.82) is 0 Å².